The van der Waals surface area contributed by atoms with E-state index in [1.807, 2.05) is 6.20 Å². The van der Waals surface area contributed by atoms with Crippen LogP contribution in [0.5, 0.6) is 0 Å². The summed E-state index contributed by atoms with van der Waals surface area (Å²) in [5.74, 6) is 0. The molecule has 2 aromatic rings. The molecular formula is C13H16BrN3S. The topological polar surface area (TPSA) is 50.9 Å². The molecule has 1 aromatic carbocycles. The second kappa shape index (κ2) is 6.31. The van der Waals surface area contributed by atoms with E-state index in [1.165, 1.54) is 11.1 Å². The van der Waals surface area contributed by atoms with Crippen molar-refractivity contribution >= 4 is 32.4 Å². The Labute approximate surface area is 120 Å². The summed E-state index contributed by atoms with van der Waals surface area (Å²) in [4.78, 5) is 5.38. The average Bonchev–Trinajstić information content (AvgIpc) is 2.81. The van der Waals surface area contributed by atoms with Gasteiger partial charge in [0.1, 0.15) is 0 Å². The maximum absolute atomic E-state index is 5.56. The molecule has 0 amide bonds. The second-order valence-electron chi connectivity index (χ2n) is 4.08. The molecule has 3 nitrogen and oxygen atoms in total. The molecule has 1 heterocycles. The number of rotatable bonds is 5. The van der Waals surface area contributed by atoms with Crippen molar-refractivity contribution in [1.29, 1.82) is 0 Å². The minimum atomic E-state index is 0.560. The maximum atomic E-state index is 5.56. The van der Waals surface area contributed by atoms with Gasteiger partial charge in [-0.3, -0.25) is 0 Å². The van der Waals surface area contributed by atoms with E-state index in [0.29, 0.717) is 6.54 Å². The maximum Gasteiger partial charge on any atom is 0.182 e. The molecule has 0 bridgehead atoms. The van der Waals surface area contributed by atoms with Crippen LogP contribution in [0.15, 0.2) is 28.9 Å². The molecule has 0 spiro atoms. The van der Waals surface area contributed by atoms with E-state index in [1.54, 1.807) is 11.3 Å². The molecule has 0 unspecified atom stereocenters. The second-order valence-corrected chi connectivity index (χ2v) is 6.11. The quantitative estimate of drug-likeness (QED) is 0.886. The fourth-order valence-electron chi connectivity index (χ4n) is 1.70. The zero-order valence-corrected chi connectivity index (χ0v) is 12.6. The Morgan fingerprint density at radius 3 is 3.00 bits per heavy atom. The zero-order valence-electron chi connectivity index (χ0n) is 10.2. The van der Waals surface area contributed by atoms with Crippen LogP contribution >= 0.6 is 27.3 Å². The summed E-state index contributed by atoms with van der Waals surface area (Å²) in [6.07, 6.45) is 2.82. The summed E-state index contributed by atoms with van der Waals surface area (Å²) in [7, 11) is 0. The van der Waals surface area contributed by atoms with E-state index in [9.17, 15) is 0 Å². The SMILES string of the molecule is Cc1ccc(Br)cc1CCNc1ncc(CN)s1. The van der Waals surface area contributed by atoms with E-state index >= 15 is 0 Å². The summed E-state index contributed by atoms with van der Waals surface area (Å²) in [5.41, 5.74) is 8.23. The van der Waals surface area contributed by atoms with Gasteiger partial charge in [-0.15, -0.1) is 11.3 Å². The highest BCUT2D eigenvalue weighted by Crippen LogP contribution is 2.19. The first-order valence-electron chi connectivity index (χ1n) is 5.82. The Morgan fingerprint density at radius 2 is 2.28 bits per heavy atom. The molecule has 1 aromatic heterocycles. The van der Waals surface area contributed by atoms with E-state index in [-0.39, 0.29) is 0 Å². The summed E-state index contributed by atoms with van der Waals surface area (Å²) in [6.45, 7) is 3.58. The van der Waals surface area contributed by atoms with E-state index in [2.05, 4.69) is 51.4 Å². The number of nitrogens with two attached hydrogens (primary N) is 1. The number of nitrogens with one attached hydrogen (secondary N) is 1. The van der Waals surface area contributed by atoms with Crippen molar-refractivity contribution in [1.82, 2.24) is 4.98 Å². The van der Waals surface area contributed by atoms with Gasteiger partial charge in [0.25, 0.3) is 0 Å². The molecule has 5 heteroatoms. The lowest BCUT2D eigenvalue weighted by Crippen LogP contribution is -2.05. The van der Waals surface area contributed by atoms with Crippen molar-refractivity contribution in [3.8, 4) is 0 Å². The number of hydrogen-bond acceptors (Lipinski definition) is 4. The fraction of sp³-hybridized carbons (Fsp3) is 0.308. The zero-order chi connectivity index (χ0) is 13.0. The highest BCUT2D eigenvalue weighted by molar-refractivity contribution is 9.10. The molecule has 0 saturated carbocycles. The Kier molecular flexibility index (Phi) is 4.74. The summed E-state index contributed by atoms with van der Waals surface area (Å²) in [5, 5.41) is 4.28. The number of hydrogen-bond donors (Lipinski definition) is 2. The number of aromatic nitrogens is 1. The van der Waals surface area contributed by atoms with Gasteiger partial charge in [-0.2, -0.15) is 0 Å². The van der Waals surface area contributed by atoms with Crippen LogP contribution in [-0.2, 0) is 13.0 Å². The van der Waals surface area contributed by atoms with Gasteiger partial charge in [-0.05, 0) is 36.6 Å². The van der Waals surface area contributed by atoms with Crippen LogP contribution in [0, 0.1) is 6.92 Å². The van der Waals surface area contributed by atoms with Crippen LogP contribution in [0.3, 0.4) is 0 Å². The fourth-order valence-corrected chi connectivity index (χ4v) is 2.82. The third-order valence-corrected chi connectivity index (χ3v) is 4.21. The summed E-state index contributed by atoms with van der Waals surface area (Å²) < 4.78 is 1.13. The molecule has 0 atom stereocenters. The van der Waals surface area contributed by atoms with Gasteiger partial charge < -0.3 is 11.1 Å². The number of thiazole rings is 1. The smallest absolute Gasteiger partial charge is 0.182 e. The van der Waals surface area contributed by atoms with E-state index in [0.717, 1.165) is 27.4 Å². The number of benzene rings is 1. The summed E-state index contributed by atoms with van der Waals surface area (Å²) in [6, 6.07) is 6.38. The summed E-state index contributed by atoms with van der Waals surface area (Å²) >= 11 is 5.12. The van der Waals surface area contributed by atoms with Gasteiger partial charge >= 0.3 is 0 Å². The molecular weight excluding hydrogens is 310 g/mol. The van der Waals surface area contributed by atoms with Crippen LogP contribution < -0.4 is 11.1 Å². The molecule has 0 aliphatic carbocycles. The molecule has 0 radical (unpaired) electrons. The van der Waals surface area contributed by atoms with Gasteiger partial charge in [0.15, 0.2) is 5.13 Å². The predicted octanol–water partition coefficient (Wildman–Crippen LogP) is 3.33. The van der Waals surface area contributed by atoms with Gasteiger partial charge in [-0.1, -0.05) is 22.0 Å². The van der Waals surface area contributed by atoms with Gasteiger partial charge in [-0.25, -0.2) is 4.98 Å². The highest BCUT2D eigenvalue weighted by atomic mass is 79.9. The van der Waals surface area contributed by atoms with Crippen molar-refractivity contribution < 1.29 is 0 Å². The molecule has 0 aliphatic heterocycles. The molecule has 2 rings (SSSR count). The van der Waals surface area contributed by atoms with Crippen molar-refractivity contribution in [3.63, 3.8) is 0 Å². The van der Waals surface area contributed by atoms with Gasteiger partial charge in [0, 0.05) is 28.6 Å². The minimum absolute atomic E-state index is 0.560. The van der Waals surface area contributed by atoms with Gasteiger partial charge in [0.2, 0.25) is 0 Å². The molecule has 18 heavy (non-hydrogen) atoms. The molecule has 3 N–H and O–H groups in total. The lowest BCUT2D eigenvalue weighted by molar-refractivity contribution is 0.999. The monoisotopic (exact) mass is 325 g/mol. The first-order valence-corrected chi connectivity index (χ1v) is 7.43. The first kappa shape index (κ1) is 13.5. The number of aryl methyl sites for hydroxylation is 1. The Bertz CT molecular complexity index is 525. The molecule has 0 saturated heterocycles. The predicted molar refractivity (Wildman–Crippen MR) is 81.1 cm³/mol. The van der Waals surface area contributed by atoms with E-state index < -0.39 is 0 Å². The van der Waals surface area contributed by atoms with Crippen molar-refractivity contribution in [2.24, 2.45) is 5.73 Å². The Morgan fingerprint density at radius 1 is 1.44 bits per heavy atom. The van der Waals surface area contributed by atoms with Crippen LogP contribution in [0.25, 0.3) is 0 Å². The third kappa shape index (κ3) is 3.54. The average molecular weight is 326 g/mol. The van der Waals surface area contributed by atoms with Gasteiger partial charge in [0.05, 0.1) is 0 Å². The van der Waals surface area contributed by atoms with Crippen LogP contribution in [0.1, 0.15) is 16.0 Å². The minimum Gasteiger partial charge on any atom is -0.361 e. The highest BCUT2D eigenvalue weighted by Gasteiger charge is 2.02. The Balaban J connectivity index is 1.90. The van der Waals surface area contributed by atoms with Crippen LogP contribution in [0.4, 0.5) is 5.13 Å². The van der Waals surface area contributed by atoms with Crippen LogP contribution in [-0.4, -0.2) is 11.5 Å². The number of anilines is 1. The molecule has 0 aliphatic rings. The third-order valence-electron chi connectivity index (χ3n) is 2.74. The molecule has 0 fully saturated rings. The lowest BCUT2D eigenvalue weighted by atomic mass is 10.1. The molecule has 96 valence electrons. The normalized spacial score (nSPS) is 10.6. The van der Waals surface area contributed by atoms with Crippen molar-refractivity contribution in [3.05, 3.63) is 44.9 Å². The van der Waals surface area contributed by atoms with Crippen LogP contribution in [0.2, 0.25) is 0 Å². The number of nitrogens with zero attached hydrogens (tertiary/aromatic N) is 1. The largest absolute Gasteiger partial charge is 0.361 e. The Hall–Kier alpha value is -0.910. The van der Waals surface area contributed by atoms with Crippen molar-refractivity contribution in [2.45, 2.75) is 19.9 Å². The van der Waals surface area contributed by atoms with E-state index in [4.69, 9.17) is 5.73 Å². The first-order chi connectivity index (χ1) is 8.69. The standard InChI is InChI=1S/C13H16BrN3S/c1-9-2-3-11(14)6-10(9)4-5-16-13-17-8-12(7-15)18-13/h2-3,6,8H,4-5,7,15H2,1H3,(H,16,17). The lowest BCUT2D eigenvalue weighted by Gasteiger charge is -2.07. The number of halogens is 1. The van der Waals surface area contributed by atoms with Crippen molar-refractivity contribution in [2.75, 3.05) is 11.9 Å².